The molecule has 0 aromatic carbocycles. The fourth-order valence-electron chi connectivity index (χ4n) is 2.24. The Morgan fingerprint density at radius 3 is 1.94 bits per heavy atom. The van der Waals surface area contributed by atoms with Gasteiger partial charge in [-0.3, -0.25) is 28.8 Å². The number of hydrogen-bond acceptors (Lipinski definition) is 8. The molecule has 0 aromatic heterocycles. The average molecular weight is 464 g/mol. The summed E-state index contributed by atoms with van der Waals surface area (Å²) in [5.41, 5.74) is 10.8. The van der Waals surface area contributed by atoms with Gasteiger partial charge in [0.2, 0.25) is 23.6 Å². The van der Waals surface area contributed by atoms with Gasteiger partial charge in [-0.1, -0.05) is 0 Å². The maximum atomic E-state index is 12.6. The van der Waals surface area contributed by atoms with Gasteiger partial charge in [0.05, 0.1) is 12.5 Å². The highest BCUT2D eigenvalue weighted by atomic mass is 32.2. The van der Waals surface area contributed by atoms with Gasteiger partial charge in [0.25, 0.3) is 0 Å². The van der Waals surface area contributed by atoms with Gasteiger partial charge >= 0.3 is 11.9 Å². The summed E-state index contributed by atoms with van der Waals surface area (Å²) in [4.78, 5) is 70.2. The fraction of sp³-hybridized carbons (Fsp3) is 0.647. The van der Waals surface area contributed by atoms with Crippen molar-refractivity contribution < 1.29 is 39.0 Å². The number of rotatable bonds is 15. The van der Waals surface area contributed by atoms with Crippen molar-refractivity contribution in [3.8, 4) is 0 Å². The van der Waals surface area contributed by atoms with Crippen LogP contribution >= 0.6 is 11.8 Å². The minimum absolute atomic E-state index is 0.264. The molecule has 0 saturated heterocycles. The molecule has 9 N–H and O–H groups in total. The van der Waals surface area contributed by atoms with Crippen LogP contribution in [0.1, 0.15) is 32.6 Å². The first-order valence-electron chi connectivity index (χ1n) is 9.27. The van der Waals surface area contributed by atoms with Crippen LogP contribution in [-0.4, -0.2) is 82.0 Å². The Labute approximate surface area is 183 Å². The first-order valence-corrected chi connectivity index (χ1v) is 10.7. The number of carbonyl (C=O) groups excluding carboxylic acids is 4. The molecule has 0 radical (unpaired) electrons. The van der Waals surface area contributed by atoms with Crippen LogP contribution < -0.4 is 27.4 Å². The topological polar surface area (TPSA) is 231 Å². The summed E-state index contributed by atoms with van der Waals surface area (Å²) >= 11 is 1.45. The number of carboxylic acid groups (broad SMARTS) is 2. The molecule has 0 bridgehead atoms. The maximum absolute atomic E-state index is 12.6. The number of amides is 4. The summed E-state index contributed by atoms with van der Waals surface area (Å²) < 4.78 is 0. The molecule has 0 heterocycles. The number of carbonyl (C=O) groups is 6. The summed E-state index contributed by atoms with van der Waals surface area (Å²) in [6.07, 6.45) is 0.747. The molecule has 13 nitrogen and oxygen atoms in total. The second-order valence-corrected chi connectivity index (χ2v) is 7.67. The third-order valence-corrected chi connectivity index (χ3v) is 4.67. The second kappa shape index (κ2) is 14.2. The number of nitrogens with two attached hydrogens (primary N) is 2. The fourth-order valence-corrected chi connectivity index (χ4v) is 2.73. The van der Waals surface area contributed by atoms with E-state index in [9.17, 15) is 28.8 Å². The number of aliphatic carboxylic acids is 2. The van der Waals surface area contributed by atoms with Crippen LogP contribution in [0, 0.1) is 0 Å². The van der Waals surface area contributed by atoms with Crippen LogP contribution in [0.5, 0.6) is 0 Å². The zero-order chi connectivity index (χ0) is 24.1. The standard InChI is InChI=1S/C17H29N5O8S/c1-8(17(29)30)20-15(27)10(3-4-12(19)23)21-16(28)11(7-13(24)25)22-14(26)9(18)5-6-31-2/h8-11H,3-7,18H2,1-2H3,(H2,19,23)(H,20,27)(H,21,28)(H,22,26)(H,24,25)(H,29,30). The minimum Gasteiger partial charge on any atom is -0.481 e. The van der Waals surface area contributed by atoms with E-state index in [0.717, 1.165) is 0 Å². The van der Waals surface area contributed by atoms with Gasteiger partial charge < -0.3 is 37.6 Å². The molecular weight excluding hydrogens is 434 g/mol. The quantitative estimate of drug-likeness (QED) is 0.133. The first-order chi connectivity index (χ1) is 14.4. The van der Waals surface area contributed by atoms with Crippen molar-refractivity contribution in [3.63, 3.8) is 0 Å². The highest BCUT2D eigenvalue weighted by Crippen LogP contribution is 2.04. The van der Waals surface area contributed by atoms with E-state index in [2.05, 4.69) is 16.0 Å². The van der Waals surface area contributed by atoms with E-state index in [0.29, 0.717) is 12.2 Å². The highest BCUT2D eigenvalue weighted by Gasteiger charge is 2.30. The smallest absolute Gasteiger partial charge is 0.325 e. The number of thioether (sulfide) groups is 1. The molecule has 176 valence electrons. The number of carboxylic acids is 2. The minimum atomic E-state index is -1.55. The van der Waals surface area contributed by atoms with Crippen molar-refractivity contribution in [1.29, 1.82) is 0 Å². The Hall–Kier alpha value is -2.87. The van der Waals surface area contributed by atoms with E-state index in [1.165, 1.54) is 18.7 Å². The lowest BCUT2D eigenvalue weighted by atomic mass is 10.1. The summed E-state index contributed by atoms with van der Waals surface area (Å²) in [7, 11) is 0. The molecule has 0 aliphatic carbocycles. The Bertz CT molecular complexity index is 689. The number of primary amides is 1. The molecule has 0 aliphatic rings. The molecule has 0 fully saturated rings. The van der Waals surface area contributed by atoms with Crippen molar-refractivity contribution in [3.05, 3.63) is 0 Å². The van der Waals surface area contributed by atoms with Gasteiger partial charge in [0.1, 0.15) is 18.1 Å². The normalized spacial score (nSPS) is 14.4. The summed E-state index contributed by atoms with van der Waals surface area (Å²) in [5.74, 6) is -5.59. The highest BCUT2D eigenvalue weighted by molar-refractivity contribution is 7.98. The SMILES string of the molecule is CSCCC(N)C(=O)NC(CC(=O)O)C(=O)NC(CCC(N)=O)C(=O)NC(C)C(=O)O. The molecule has 0 saturated carbocycles. The van der Waals surface area contributed by atoms with E-state index in [-0.39, 0.29) is 12.8 Å². The average Bonchev–Trinajstić information content (AvgIpc) is 2.67. The number of hydrogen-bond donors (Lipinski definition) is 7. The monoisotopic (exact) mass is 463 g/mol. The van der Waals surface area contributed by atoms with E-state index in [4.69, 9.17) is 21.7 Å². The van der Waals surface area contributed by atoms with Gasteiger partial charge in [-0.25, -0.2) is 0 Å². The number of nitrogens with one attached hydrogen (secondary N) is 3. The predicted octanol–water partition coefficient (Wildman–Crippen LogP) is -2.63. The summed E-state index contributed by atoms with van der Waals surface area (Å²) in [6, 6.07) is -5.20. The van der Waals surface area contributed by atoms with Gasteiger partial charge in [0, 0.05) is 6.42 Å². The molecule has 4 unspecified atom stereocenters. The van der Waals surface area contributed by atoms with Gasteiger partial charge in [-0.05, 0) is 31.8 Å². The van der Waals surface area contributed by atoms with Crippen LogP contribution in [-0.2, 0) is 28.8 Å². The van der Waals surface area contributed by atoms with Crippen molar-refractivity contribution in [2.45, 2.75) is 56.8 Å². The molecular formula is C17H29N5O8S. The maximum Gasteiger partial charge on any atom is 0.325 e. The molecule has 31 heavy (non-hydrogen) atoms. The molecule has 0 rings (SSSR count). The third kappa shape index (κ3) is 11.8. The molecule has 0 spiro atoms. The van der Waals surface area contributed by atoms with Gasteiger partial charge in [-0.15, -0.1) is 0 Å². The van der Waals surface area contributed by atoms with Crippen LogP contribution in [0.15, 0.2) is 0 Å². The molecule has 0 aromatic rings. The predicted molar refractivity (Wildman–Crippen MR) is 111 cm³/mol. The van der Waals surface area contributed by atoms with Crippen LogP contribution in [0.4, 0.5) is 0 Å². The second-order valence-electron chi connectivity index (χ2n) is 6.68. The molecule has 4 atom stereocenters. The van der Waals surface area contributed by atoms with Crippen LogP contribution in [0.2, 0.25) is 0 Å². The summed E-state index contributed by atoms with van der Waals surface area (Å²) in [5, 5.41) is 24.6. The van der Waals surface area contributed by atoms with Crippen LogP contribution in [0.25, 0.3) is 0 Å². The van der Waals surface area contributed by atoms with Crippen LogP contribution in [0.3, 0.4) is 0 Å². The lowest BCUT2D eigenvalue weighted by Crippen LogP contribution is -2.57. The third-order valence-electron chi connectivity index (χ3n) is 4.02. The first kappa shape index (κ1) is 28.1. The Kier molecular flexibility index (Phi) is 12.9. The Balaban J connectivity index is 5.37. The van der Waals surface area contributed by atoms with E-state index in [1.54, 1.807) is 0 Å². The lowest BCUT2D eigenvalue weighted by molar-refractivity contribution is -0.143. The molecule has 4 amide bonds. The van der Waals surface area contributed by atoms with E-state index >= 15 is 0 Å². The van der Waals surface area contributed by atoms with E-state index < -0.39 is 66.2 Å². The lowest BCUT2D eigenvalue weighted by Gasteiger charge is -2.24. The van der Waals surface area contributed by atoms with E-state index in [1.807, 2.05) is 6.26 Å². The zero-order valence-electron chi connectivity index (χ0n) is 17.3. The molecule has 0 aliphatic heterocycles. The van der Waals surface area contributed by atoms with Crippen molar-refractivity contribution in [2.24, 2.45) is 11.5 Å². The van der Waals surface area contributed by atoms with Crippen molar-refractivity contribution in [1.82, 2.24) is 16.0 Å². The Morgan fingerprint density at radius 2 is 1.45 bits per heavy atom. The zero-order valence-corrected chi connectivity index (χ0v) is 18.1. The summed E-state index contributed by atoms with van der Waals surface area (Å²) in [6.45, 7) is 1.19. The van der Waals surface area contributed by atoms with Crippen molar-refractivity contribution >= 4 is 47.3 Å². The van der Waals surface area contributed by atoms with Gasteiger partial charge in [-0.2, -0.15) is 11.8 Å². The van der Waals surface area contributed by atoms with Gasteiger partial charge in [0.15, 0.2) is 0 Å². The van der Waals surface area contributed by atoms with Crippen molar-refractivity contribution in [2.75, 3.05) is 12.0 Å². The Morgan fingerprint density at radius 1 is 0.903 bits per heavy atom. The largest absolute Gasteiger partial charge is 0.481 e. The molecule has 14 heteroatoms.